The van der Waals surface area contributed by atoms with E-state index in [2.05, 4.69) is 27.9 Å². The summed E-state index contributed by atoms with van der Waals surface area (Å²) in [5, 5.41) is 24.3. The van der Waals surface area contributed by atoms with Crippen LogP contribution in [0.3, 0.4) is 0 Å². The maximum absolute atomic E-state index is 10.7. The standard InChI is InChI=1S/C13H17IN2O3/c14-11-8-10(16(18)19)4-5-12(11)15-9-13(17)6-2-1-3-7-13/h4-5,8,15,17H,1-3,6-7,9H2. The molecule has 0 amide bonds. The Morgan fingerprint density at radius 3 is 2.63 bits per heavy atom. The predicted molar refractivity (Wildman–Crippen MR) is 82.3 cm³/mol. The number of rotatable bonds is 4. The van der Waals surface area contributed by atoms with Crippen LogP contribution in [0.15, 0.2) is 18.2 Å². The zero-order chi connectivity index (χ0) is 13.9. The third-order valence-electron chi connectivity index (χ3n) is 3.56. The van der Waals surface area contributed by atoms with Crippen molar-refractivity contribution in [2.45, 2.75) is 37.7 Å². The van der Waals surface area contributed by atoms with Gasteiger partial charge in [-0.2, -0.15) is 0 Å². The lowest BCUT2D eigenvalue weighted by Gasteiger charge is -2.32. The third-order valence-corrected chi connectivity index (χ3v) is 4.45. The first-order valence-corrected chi connectivity index (χ1v) is 7.48. The fourth-order valence-corrected chi connectivity index (χ4v) is 3.10. The minimum Gasteiger partial charge on any atom is -0.388 e. The summed E-state index contributed by atoms with van der Waals surface area (Å²) in [6, 6.07) is 4.72. The van der Waals surface area contributed by atoms with Crippen molar-refractivity contribution in [2.24, 2.45) is 0 Å². The van der Waals surface area contributed by atoms with Crippen molar-refractivity contribution in [3.05, 3.63) is 31.9 Å². The molecule has 1 aliphatic carbocycles. The Morgan fingerprint density at radius 2 is 2.05 bits per heavy atom. The van der Waals surface area contributed by atoms with Crippen LogP contribution in [-0.2, 0) is 0 Å². The molecule has 0 aromatic heterocycles. The maximum atomic E-state index is 10.7. The number of hydrogen-bond acceptors (Lipinski definition) is 4. The lowest BCUT2D eigenvalue weighted by Crippen LogP contribution is -2.38. The van der Waals surface area contributed by atoms with Gasteiger partial charge < -0.3 is 10.4 Å². The Balaban J connectivity index is 2.01. The van der Waals surface area contributed by atoms with Gasteiger partial charge in [-0.15, -0.1) is 0 Å². The van der Waals surface area contributed by atoms with Crippen molar-refractivity contribution in [3.63, 3.8) is 0 Å². The Morgan fingerprint density at radius 1 is 1.37 bits per heavy atom. The second-order valence-electron chi connectivity index (χ2n) is 5.06. The van der Waals surface area contributed by atoms with Gasteiger partial charge in [-0.1, -0.05) is 19.3 Å². The zero-order valence-electron chi connectivity index (χ0n) is 10.6. The van der Waals surface area contributed by atoms with Crippen LogP contribution in [-0.4, -0.2) is 22.2 Å². The molecule has 1 aliphatic rings. The topological polar surface area (TPSA) is 75.4 Å². The number of nitrogens with one attached hydrogen (secondary N) is 1. The Hall–Kier alpha value is -0.890. The SMILES string of the molecule is O=[N+]([O-])c1ccc(NCC2(O)CCCCC2)c(I)c1. The first-order valence-electron chi connectivity index (χ1n) is 6.40. The van der Waals surface area contributed by atoms with E-state index in [0.717, 1.165) is 34.9 Å². The summed E-state index contributed by atoms with van der Waals surface area (Å²) in [5.41, 5.74) is 0.292. The summed E-state index contributed by atoms with van der Waals surface area (Å²) in [6.07, 6.45) is 4.97. The number of aliphatic hydroxyl groups is 1. The van der Waals surface area contributed by atoms with Crippen molar-refractivity contribution in [1.82, 2.24) is 0 Å². The number of nitrogens with zero attached hydrogens (tertiary/aromatic N) is 1. The van der Waals surface area contributed by atoms with E-state index >= 15 is 0 Å². The molecular weight excluding hydrogens is 359 g/mol. The highest BCUT2D eigenvalue weighted by Gasteiger charge is 2.28. The van der Waals surface area contributed by atoms with Gasteiger partial charge >= 0.3 is 0 Å². The van der Waals surface area contributed by atoms with Crippen LogP contribution in [0.4, 0.5) is 11.4 Å². The minimum absolute atomic E-state index is 0.0892. The number of nitro benzene ring substituents is 1. The molecule has 1 fully saturated rings. The lowest BCUT2D eigenvalue weighted by molar-refractivity contribution is -0.384. The first kappa shape index (κ1) is 14.5. The van der Waals surface area contributed by atoms with Crippen LogP contribution in [0.5, 0.6) is 0 Å². The molecule has 2 N–H and O–H groups in total. The summed E-state index contributed by atoms with van der Waals surface area (Å²) >= 11 is 2.07. The molecule has 2 rings (SSSR count). The van der Waals surface area contributed by atoms with Gasteiger partial charge in [0, 0.05) is 27.9 Å². The largest absolute Gasteiger partial charge is 0.388 e. The van der Waals surface area contributed by atoms with E-state index in [-0.39, 0.29) is 5.69 Å². The highest BCUT2D eigenvalue weighted by Crippen LogP contribution is 2.29. The van der Waals surface area contributed by atoms with Crippen LogP contribution >= 0.6 is 22.6 Å². The van der Waals surface area contributed by atoms with Gasteiger partial charge in [-0.3, -0.25) is 10.1 Å². The summed E-state index contributed by atoms with van der Waals surface area (Å²) in [4.78, 5) is 10.3. The van der Waals surface area contributed by atoms with Gasteiger partial charge in [-0.05, 0) is 41.5 Å². The maximum Gasteiger partial charge on any atom is 0.270 e. The average Bonchev–Trinajstić information content (AvgIpc) is 2.38. The average molecular weight is 376 g/mol. The molecule has 1 aromatic rings. The molecule has 0 bridgehead atoms. The molecule has 5 nitrogen and oxygen atoms in total. The number of benzene rings is 1. The molecule has 0 unspecified atom stereocenters. The van der Waals surface area contributed by atoms with Gasteiger partial charge in [0.25, 0.3) is 5.69 Å². The number of anilines is 1. The second kappa shape index (κ2) is 6.04. The predicted octanol–water partition coefficient (Wildman–Crippen LogP) is 3.31. The minimum atomic E-state index is -0.636. The fraction of sp³-hybridized carbons (Fsp3) is 0.538. The molecule has 104 valence electrons. The summed E-state index contributed by atoms with van der Waals surface area (Å²) in [5.74, 6) is 0. The first-order chi connectivity index (χ1) is 9.00. The van der Waals surface area contributed by atoms with Gasteiger partial charge in [0.15, 0.2) is 0 Å². The van der Waals surface area contributed by atoms with Crippen molar-refractivity contribution < 1.29 is 10.0 Å². The molecule has 19 heavy (non-hydrogen) atoms. The van der Waals surface area contributed by atoms with E-state index in [1.165, 1.54) is 18.6 Å². The van der Waals surface area contributed by atoms with E-state index < -0.39 is 10.5 Å². The number of hydrogen-bond donors (Lipinski definition) is 2. The molecule has 6 heteroatoms. The fourth-order valence-electron chi connectivity index (χ4n) is 2.41. The second-order valence-corrected chi connectivity index (χ2v) is 6.22. The van der Waals surface area contributed by atoms with Gasteiger partial charge in [0.05, 0.1) is 10.5 Å². The third kappa shape index (κ3) is 3.79. The van der Waals surface area contributed by atoms with Crippen molar-refractivity contribution in [1.29, 1.82) is 0 Å². The molecule has 1 saturated carbocycles. The molecule has 0 spiro atoms. The van der Waals surface area contributed by atoms with Gasteiger partial charge in [0.1, 0.15) is 0 Å². The molecule has 0 radical (unpaired) electrons. The smallest absolute Gasteiger partial charge is 0.270 e. The van der Waals surface area contributed by atoms with Crippen LogP contribution in [0.1, 0.15) is 32.1 Å². The number of halogens is 1. The van der Waals surface area contributed by atoms with E-state index in [0.29, 0.717) is 6.54 Å². The van der Waals surface area contributed by atoms with Crippen LogP contribution < -0.4 is 5.32 Å². The van der Waals surface area contributed by atoms with Gasteiger partial charge in [-0.25, -0.2) is 0 Å². The normalized spacial score (nSPS) is 18.0. The van der Waals surface area contributed by atoms with Crippen molar-refractivity contribution >= 4 is 34.0 Å². The summed E-state index contributed by atoms with van der Waals surface area (Å²) < 4.78 is 0.797. The highest BCUT2D eigenvalue weighted by atomic mass is 127. The molecule has 0 saturated heterocycles. The quantitative estimate of drug-likeness (QED) is 0.480. The zero-order valence-corrected chi connectivity index (χ0v) is 12.7. The summed E-state index contributed by atoms with van der Waals surface area (Å²) in [7, 11) is 0. The monoisotopic (exact) mass is 376 g/mol. The van der Waals surface area contributed by atoms with Gasteiger partial charge in [0.2, 0.25) is 0 Å². The molecule has 1 aromatic carbocycles. The molecular formula is C13H17IN2O3. The Kier molecular flexibility index (Phi) is 4.62. The molecule has 0 atom stereocenters. The van der Waals surface area contributed by atoms with Crippen LogP contribution in [0.2, 0.25) is 0 Å². The van der Waals surface area contributed by atoms with E-state index in [1.54, 1.807) is 6.07 Å². The Bertz CT molecular complexity index is 473. The lowest BCUT2D eigenvalue weighted by atomic mass is 9.85. The van der Waals surface area contributed by atoms with Crippen molar-refractivity contribution in [3.8, 4) is 0 Å². The van der Waals surface area contributed by atoms with Crippen LogP contribution in [0, 0.1) is 13.7 Å². The van der Waals surface area contributed by atoms with Crippen molar-refractivity contribution in [2.75, 3.05) is 11.9 Å². The van der Waals surface area contributed by atoms with E-state index in [4.69, 9.17) is 0 Å². The van der Waals surface area contributed by atoms with E-state index in [1.807, 2.05) is 0 Å². The number of non-ortho nitro benzene ring substituents is 1. The molecule has 0 aliphatic heterocycles. The summed E-state index contributed by atoms with van der Waals surface area (Å²) in [6.45, 7) is 0.501. The highest BCUT2D eigenvalue weighted by molar-refractivity contribution is 14.1. The van der Waals surface area contributed by atoms with E-state index in [9.17, 15) is 15.2 Å². The Labute approximate surface area is 125 Å². The molecule has 0 heterocycles. The number of nitro groups is 1. The van der Waals surface area contributed by atoms with Crippen LogP contribution in [0.25, 0.3) is 0 Å².